The van der Waals surface area contributed by atoms with Crippen LogP contribution in [-0.4, -0.2) is 17.0 Å². The van der Waals surface area contributed by atoms with Gasteiger partial charge in [0.1, 0.15) is 0 Å². The molecule has 0 saturated heterocycles. The maximum absolute atomic E-state index is 11.1. The van der Waals surface area contributed by atoms with Gasteiger partial charge in [0.25, 0.3) is 0 Å². The number of aromatic carboxylic acids is 1. The molecule has 0 spiro atoms. The van der Waals surface area contributed by atoms with Crippen molar-refractivity contribution in [3.63, 3.8) is 0 Å². The van der Waals surface area contributed by atoms with Crippen LogP contribution in [0.2, 0.25) is 5.02 Å². The Morgan fingerprint density at radius 2 is 2.19 bits per heavy atom. The molecule has 0 heterocycles. The maximum atomic E-state index is 11.1. The van der Waals surface area contributed by atoms with Crippen molar-refractivity contribution in [3.05, 3.63) is 28.8 Å². The lowest BCUT2D eigenvalue weighted by Crippen LogP contribution is -2.10. The SMILES string of the molecule is C#CCC(=O)Nc1ccc(Cl)c(C(=O)O)c1. The van der Waals surface area contributed by atoms with Gasteiger partial charge >= 0.3 is 5.97 Å². The molecule has 2 N–H and O–H groups in total. The van der Waals surface area contributed by atoms with Crippen molar-refractivity contribution in [2.24, 2.45) is 0 Å². The van der Waals surface area contributed by atoms with Gasteiger partial charge < -0.3 is 10.4 Å². The number of halogens is 1. The fraction of sp³-hybridized carbons (Fsp3) is 0.0909. The number of terminal acetylenes is 1. The summed E-state index contributed by atoms with van der Waals surface area (Å²) in [7, 11) is 0. The first-order valence-electron chi connectivity index (χ1n) is 4.30. The number of hydrogen-bond acceptors (Lipinski definition) is 2. The number of carbonyl (C=O) groups is 2. The highest BCUT2D eigenvalue weighted by Gasteiger charge is 2.10. The molecule has 0 atom stereocenters. The van der Waals surface area contributed by atoms with Crippen molar-refractivity contribution >= 4 is 29.2 Å². The summed E-state index contributed by atoms with van der Waals surface area (Å²) in [5.74, 6) is 0.654. The number of anilines is 1. The van der Waals surface area contributed by atoms with E-state index in [2.05, 4.69) is 11.2 Å². The highest BCUT2D eigenvalue weighted by Crippen LogP contribution is 2.20. The fourth-order valence-corrected chi connectivity index (χ4v) is 1.26. The van der Waals surface area contributed by atoms with Gasteiger partial charge in [0.15, 0.2) is 0 Å². The third kappa shape index (κ3) is 3.01. The van der Waals surface area contributed by atoms with E-state index in [1.165, 1.54) is 18.2 Å². The van der Waals surface area contributed by atoms with Crippen LogP contribution in [0.4, 0.5) is 5.69 Å². The zero-order chi connectivity index (χ0) is 12.1. The van der Waals surface area contributed by atoms with Gasteiger partial charge in [-0.3, -0.25) is 4.79 Å². The molecule has 0 radical (unpaired) electrons. The summed E-state index contributed by atoms with van der Waals surface area (Å²) in [5.41, 5.74) is 0.280. The van der Waals surface area contributed by atoms with Gasteiger partial charge in [0.05, 0.1) is 17.0 Å². The molecule has 1 rings (SSSR count). The second-order valence-electron chi connectivity index (χ2n) is 2.93. The Balaban J connectivity index is 2.92. The first-order valence-corrected chi connectivity index (χ1v) is 4.68. The third-order valence-corrected chi connectivity index (χ3v) is 2.07. The molecule has 0 aliphatic rings. The van der Waals surface area contributed by atoms with Gasteiger partial charge in [0, 0.05) is 5.69 Å². The predicted octanol–water partition coefficient (Wildman–Crippen LogP) is 2.00. The van der Waals surface area contributed by atoms with Crippen LogP contribution in [0.3, 0.4) is 0 Å². The van der Waals surface area contributed by atoms with Gasteiger partial charge in [0.2, 0.25) is 5.91 Å². The van der Waals surface area contributed by atoms with Gasteiger partial charge in [-0.2, -0.15) is 0 Å². The first-order chi connectivity index (χ1) is 7.54. The average molecular weight is 238 g/mol. The van der Waals surface area contributed by atoms with Crippen LogP contribution in [-0.2, 0) is 4.79 Å². The van der Waals surface area contributed by atoms with E-state index in [1.807, 2.05) is 0 Å². The molecule has 1 aromatic rings. The Labute approximate surface area is 97.2 Å². The molecule has 0 aromatic heterocycles. The van der Waals surface area contributed by atoms with Crippen molar-refractivity contribution in [1.29, 1.82) is 0 Å². The topological polar surface area (TPSA) is 66.4 Å². The summed E-state index contributed by atoms with van der Waals surface area (Å²) in [5, 5.41) is 11.4. The normalized spacial score (nSPS) is 9.25. The number of carboxylic acid groups (broad SMARTS) is 1. The molecule has 4 nitrogen and oxygen atoms in total. The smallest absolute Gasteiger partial charge is 0.337 e. The minimum Gasteiger partial charge on any atom is -0.478 e. The van der Waals surface area contributed by atoms with Crippen LogP contribution in [0.25, 0.3) is 0 Å². The van der Waals surface area contributed by atoms with E-state index in [0.717, 1.165) is 0 Å². The van der Waals surface area contributed by atoms with Crippen molar-refractivity contribution in [2.45, 2.75) is 6.42 Å². The Hall–Kier alpha value is -1.99. The number of benzene rings is 1. The van der Waals surface area contributed by atoms with E-state index in [0.29, 0.717) is 5.69 Å². The van der Waals surface area contributed by atoms with Crippen molar-refractivity contribution in [2.75, 3.05) is 5.32 Å². The Bertz CT molecular complexity index is 477. The maximum Gasteiger partial charge on any atom is 0.337 e. The third-order valence-electron chi connectivity index (χ3n) is 1.74. The van der Waals surface area contributed by atoms with Crippen LogP contribution in [0.5, 0.6) is 0 Å². The summed E-state index contributed by atoms with van der Waals surface area (Å²) in [6.45, 7) is 0. The van der Waals surface area contributed by atoms with Crippen LogP contribution in [0, 0.1) is 12.3 Å². The molecule has 0 unspecified atom stereocenters. The summed E-state index contributed by atoms with van der Waals surface area (Å²) >= 11 is 5.66. The lowest BCUT2D eigenvalue weighted by atomic mass is 10.2. The number of rotatable bonds is 3. The minimum atomic E-state index is -1.15. The number of hydrogen-bond donors (Lipinski definition) is 2. The molecular weight excluding hydrogens is 230 g/mol. The highest BCUT2D eigenvalue weighted by molar-refractivity contribution is 6.33. The van der Waals surface area contributed by atoms with Gasteiger partial charge in [-0.1, -0.05) is 17.5 Å². The quantitative estimate of drug-likeness (QED) is 0.791. The van der Waals surface area contributed by atoms with E-state index in [9.17, 15) is 9.59 Å². The molecule has 1 aromatic carbocycles. The fourth-order valence-electron chi connectivity index (χ4n) is 1.06. The number of amides is 1. The Morgan fingerprint density at radius 3 is 2.75 bits per heavy atom. The lowest BCUT2D eigenvalue weighted by Gasteiger charge is -2.05. The average Bonchev–Trinajstić information content (AvgIpc) is 2.21. The number of carboxylic acids is 1. The van der Waals surface area contributed by atoms with E-state index in [-0.39, 0.29) is 22.9 Å². The molecule has 0 aliphatic heterocycles. The standard InChI is InChI=1S/C11H8ClNO3/c1-2-3-10(14)13-7-4-5-9(12)8(6-7)11(15)16/h1,4-6H,3H2,(H,13,14)(H,15,16). The van der Waals surface area contributed by atoms with Crippen molar-refractivity contribution < 1.29 is 14.7 Å². The summed E-state index contributed by atoms with van der Waals surface area (Å²) in [4.78, 5) is 21.9. The molecule has 82 valence electrons. The Morgan fingerprint density at radius 1 is 1.50 bits per heavy atom. The predicted molar refractivity (Wildman–Crippen MR) is 60.5 cm³/mol. The lowest BCUT2D eigenvalue weighted by molar-refractivity contribution is -0.115. The summed E-state index contributed by atoms with van der Waals surface area (Å²) in [6.07, 6.45) is 4.89. The largest absolute Gasteiger partial charge is 0.478 e. The van der Waals surface area contributed by atoms with Crippen LogP contribution in [0.1, 0.15) is 16.8 Å². The number of carbonyl (C=O) groups excluding carboxylic acids is 1. The highest BCUT2D eigenvalue weighted by atomic mass is 35.5. The molecule has 5 heteroatoms. The first kappa shape index (κ1) is 12.1. The summed E-state index contributed by atoms with van der Waals surface area (Å²) in [6, 6.07) is 4.18. The van der Waals surface area contributed by atoms with Crippen LogP contribution in [0.15, 0.2) is 18.2 Å². The van der Waals surface area contributed by atoms with E-state index in [4.69, 9.17) is 23.1 Å². The van der Waals surface area contributed by atoms with Gasteiger partial charge in [-0.25, -0.2) is 4.79 Å². The molecule has 0 aliphatic carbocycles. The molecule has 0 fully saturated rings. The zero-order valence-corrected chi connectivity index (χ0v) is 8.91. The monoisotopic (exact) mass is 237 g/mol. The van der Waals surface area contributed by atoms with Gasteiger partial charge in [-0.05, 0) is 18.2 Å². The minimum absolute atomic E-state index is 0.0645. The van der Waals surface area contributed by atoms with E-state index < -0.39 is 5.97 Å². The molecule has 16 heavy (non-hydrogen) atoms. The summed E-state index contributed by atoms with van der Waals surface area (Å²) < 4.78 is 0. The second kappa shape index (κ2) is 5.19. The zero-order valence-electron chi connectivity index (χ0n) is 8.16. The molecule has 0 saturated carbocycles. The van der Waals surface area contributed by atoms with E-state index >= 15 is 0 Å². The van der Waals surface area contributed by atoms with Crippen LogP contribution < -0.4 is 5.32 Å². The van der Waals surface area contributed by atoms with E-state index in [1.54, 1.807) is 0 Å². The Kier molecular flexibility index (Phi) is 3.92. The second-order valence-corrected chi connectivity index (χ2v) is 3.34. The van der Waals surface area contributed by atoms with Gasteiger partial charge in [-0.15, -0.1) is 6.42 Å². The van der Waals surface area contributed by atoms with Crippen LogP contribution >= 0.6 is 11.6 Å². The molecular formula is C11H8ClNO3. The number of nitrogens with one attached hydrogen (secondary N) is 1. The molecule has 0 bridgehead atoms. The van der Waals surface area contributed by atoms with Crippen molar-refractivity contribution in [3.8, 4) is 12.3 Å². The molecule has 1 amide bonds. The van der Waals surface area contributed by atoms with Crippen molar-refractivity contribution in [1.82, 2.24) is 0 Å².